The van der Waals surface area contributed by atoms with Gasteiger partial charge in [0.2, 0.25) is 0 Å². The molecule has 1 aromatic heterocycles. The zero-order valence-corrected chi connectivity index (χ0v) is 9.45. The Bertz CT molecular complexity index is 423. The molecule has 0 aliphatic rings. The molecule has 3 heteroatoms. The summed E-state index contributed by atoms with van der Waals surface area (Å²) in [5.74, 6) is 0.780. The van der Waals surface area contributed by atoms with Crippen molar-refractivity contribution >= 4 is 21.7 Å². The van der Waals surface area contributed by atoms with E-state index in [0.717, 1.165) is 15.9 Å². The normalized spacial score (nSPS) is 10.4. The monoisotopic (exact) mass is 250 g/mol. The molecule has 1 aromatic carbocycles. The largest absolute Gasteiger partial charge is 0.385 e. The summed E-state index contributed by atoms with van der Waals surface area (Å²) in [6.07, 6.45) is 2.03. The van der Waals surface area contributed by atoms with Gasteiger partial charge in [-0.3, -0.25) is 0 Å². The average Bonchev–Trinajstić information content (AvgIpc) is 2.48. The molecule has 0 atom stereocenters. The SMILES string of the molecule is Cn1cc(-c2ccc(Br)cc2)cc1N. The number of halogens is 1. The van der Waals surface area contributed by atoms with E-state index in [4.69, 9.17) is 5.73 Å². The van der Waals surface area contributed by atoms with Crippen LogP contribution in [0.4, 0.5) is 5.82 Å². The number of aryl methyl sites for hydroxylation is 1. The molecular formula is C11H11BrN2. The van der Waals surface area contributed by atoms with E-state index in [1.165, 1.54) is 5.56 Å². The molecule has 0 unspecified atom stereocenters. The zero-order valence-electron chi connectivity index (χ0n) is 7.87. The van der Waals surface area contributed by atoms with Crippen molar-refractivity contribution in [2.24, 2.45) is 7.05 Å². The Kier molecular flexibility index (Phi) is 2.33. The Morgan fingerprint density at radius 1 is 1.14 bits per heavy atom. The third kappa shape index (κ3) is 1.68. The van der Waals surface area contributed by atoms with E-state index in [9.17, 15) is 0 Å². The van der Waals surface area contributed by atoms with E-state index in [1.54, 1.807) is 0 Å². The fourth-order valence-corrected chi connectivity index (χ4v) is 1.65. The van der Waals surface area contributed by atoms with Crippen LogP contribution in [0, 0.1) is 0 Å². The van der Waals surface area contributed by atoms with Gasteiger partial charge in [0.1, 0.15) is 5.82 Å². The van der Waals surface area contributed by atoms with Crippen LogP contribution in [0.25, 0.3) is 11.1 Å². The fourth-order valence-electron chi connectivity index (χ4n) is 1.38. The van der Waals surface area contributed by atoms with Gasteiger partial charge >= 0.3 is 0 Å². The molecule has 1 heterocycles. The maximum atomic E-state index is 5.76. The summed E-state index contributed by atoms with van der Waals surface area (Å²) in [6.45, 7) is 0. The minimum absolute atomic E-state index is 0.780. The first-order valence-electron chi connectivity index (χ1n) is 4.34. The van der Waals surface area contributed by atoms with Crippen LogP contribution in [0.5, 0.6) is 0 Å². The smallest absolute Gasteiger partial charge is 0.103 e. The van der Waals surface area contributed by atoms with Gasteiger partial charge in [-0.15, -0.1) is 0 Å². The average molecular weight is 251 g/mol. The van der Waals surface area contributed by atoms with Crippen LogP contribution in [0.3, 0.4) is 0 Å². The first-order valence-corrected chi connectivity index (χ1v) is 5.14. The topological polar surface area (TPSA) is 30.9 Å². The van der Waals surface area contributed by atoms with Gasteiger partial charge in [0.15, 0.2) is 0 Å². The number of hydrogen-bond acceptors (Lipinski definition) is 1. The van der Waals surface area contributed by atoms with Crippen LogP contribution in [0.2, 0.25) is 0 Å². The first-order chi connectivity index (χ1) is 6.66. The van der Waals surface area contributed by atoms with Crippen molar-refractivity contribution < 1.29 is 0 Å². The summed E-state index contributed by atoms with van der Waals surface area (Å²) in [6, 6.07) is 10.2. The Morgan fingerprint density at radius 3 is 2.29 bits per heavy atom. The second-order valence-corrected chi connectivity index (χ2v) is 4.19. The van der Waals surface area contributed by atoms with Crippen molar-refractivity contribution in [2.45, 2.75) is 0 Å². The van der Waals surface area contributed by atoms with Crippen LogP contribution in [0.15, 0.2) is 41.0 Å². The predicted molar refractivity (Wildman–Crippen MR) is 63.0 cm³/mol. The lowest BCUT2D eigenvalue weighted by atomic mass is 10.1. The molecular weight excluding hydrogens is 240 g/mol. The summed E-state index contributed by atoms with van der Waals surface area (Å²) in [4.78, 5) is 0. The lowest BCUT2D eigenvalue weighted by Crippen LogP contribution is -1.92. The van der Waals surface area contributed by atoms with Gasteiger partial charge in [0.05, 0.1) is 0 Å². The van der Waals surface area contributed by atoms with Crippen LogP contribution in [-0.2, 0) is 7.05 Å². The summed E-state index contributed by atoms with van der Waals surface area (Å²) >= 11 is 3.41. The van der Waals surface area contributed by atoms with Gasteiger partial charge in [0, 0.05) is 23.3 Å². The number of nitrogens with two attached hydrogens (primary N) is 1. The lowest BCUT2D eigenvalue weighted by Gasteiger charge is -1.96. The Labute approximate surface area is 91.5 Å². The summed E-state index contributed by atoms with van der Waals surface area (Å²) in [5, 5.41) is 0. The molecule has 72 valence electrons. The molecule has 2 rings (SSSR count). The number of nitrogen functional groups attached to an aromatic ring is 1. The highest BCUT2D eigenvalue weighted by molar-refractivity contribution is 9.10. The van der Waals surface area contributed by atoms with E-state index < -0.39 is 0 Å². The second kappa shape index (κ2) is 3.50. The van der Waals surface area contributed by atoms with E-state index >= 15 is 0 Å². The minimum Gasteiger partial charge on any atom is -0.385 e. The van der Waals surface area contributed by atoms with E-state index in [-0.39, 0.29) is 0 Å². The zero-order chi connectivity index (χ0) is 10.1. The number of anilines is 1. The number of aromatic nitrogens is 1. The highest BCUT2D eigenvalue weighted by atomic mass is 79.9. The van der Waals surface area contributed by atoms with Crippen LogP contribution >= 0.6 is 15.9 Å². The van der Waals surface area contributed by atoms with E-state index in [2.05, 4.69) is 28.1 Å². The fraction of sp³-hybridized carbons (Fsp3) is 0.0909. The molecule has 0 saturated heterocycles. The molecule has 0 saturated carbocycles. The van der Waals surface area contributed by atoms with Crippen molar-refractivity contribution in [2.75, 3.05) is 5.73 Å². The maximum absolute atomic E-state index is 5.76. The Morgan fingerprint density at radius 2 is 1.79 bits per heavy atom. The quantitative estimate of drug-likeness (QED) is 0.829. The molecule has 14 heavy (non-hydrogen) atoms. The second-order valence-electron chi connectivity index (χ2n) is 3.27. The molecule has 2 N–H and O–H groups in total. The number of benzene rings is 1. The van der Waals surface area contributed by atoms with Crippen molar-refractivity contribution in [3.8, 4) is 11.1 Å². The van der Waals surface area contributed by atoms with Gasteiger partial charge in [0.25, 0.3) is 0 Å². The molecule has 0 fully saturated rings. The Balaban J connectivity index is 2.44. The van der Waals surface area contributed by atoms with E-state index in [1.807, 2.05) is 36.0 Å². The van der Waals surface area contributed by atoms with Gasteiger partial charge < -0.3 is 10.3 Å². The van der Waals surface area contributed by atoms with Crippen molar-refractivity contribution in [1.82, 2.24) is 4.57 Å². The first kappa shape index (κ1) is 9.34. The van der Waals surface area contributed by atoms with Crippen LogP contribution < -0.4 is 5.73 Å². The number of rotatable bonds is 1. The van der Waals surface area contributed by atoms with Crippen molar-refractivity contribution in [3.05, 3.63) is 41.0 Å². The minimum atomic E-state index is 0.780. The van der Waals surface area contributed by atoms with Gasteiger partial charge in [-0.25, -0.2) is 0 Å². The van der Waals surface area contributed by atoms with E-state index in [0.29, 0.717) is 0 Å². The van der Waals surface area contributed by atoms with Crippen LogP contribution in [-0.4, -0.2) is 4.57 Å². The Hall–Kier alpha value is -1.22. The molecule has 2 aromatic rings. The number of hydrogen-bond donors (Lipinski definition) is 1. The van der Waals surface area contributed by atoms with Crippen LogP contribution in [0.1, 0.15) is 0 Å². The molecule has 0 amide bonds. The maximum Gasteiger partial charge on any atom is 0.103 e. The van der Waals surface area contributed by atoms with Crippen molar-refractivity contribution in [1.29, 1.82) is 0 Å². The summed E-state index contributed by atoms with van der Waals surface area (Å²) in [5.41, 5.74) is 8.09. The molecule has 0 spiro atoms. The lowest BCUT2D eigenvalue weighted by molar-refractivity contribution is 0.942. The van der Waals surface area contributed by atoms with Gasteiger partial charge in [-0.2, -0.15) is 0 Å². The highest BCUT2D eigenvalue weighted by Gasteiger charge is 2.01. The standard InChI is InChI=1S/C11H11BrN2/c1-14-7-9(6-11(14)13)8-2-4-10(12)5-3-8/h2-7H,13H2,1H3. The predicted octanol–water partition coefficient (Wildman–Crippen LogP) is 3.04. The summed E-state index contributed by atoms with van der Waals surface area (Å²) in [7, 11) is 1.94. The molecule has 0 bridgehead atoms. The van der Waals surface area contributed by atoms with Crippen molar-refractivity contribution in [3.63, 3.8) is 0 Å². The number of nitrogens with zero attached hydrogens (tertiary/aromatic N) is 1. The third-order valence-electron chi connectivity index (χ3n) is 2.22. The van der Waals surface area contributed by atoms with Gasteiger partial charge in [-0.05, 0) is 23.8 Å². The molecule has 2 nitrogen and oxygen atoms in total. The highest BCUT2D eigenvalue weighted by Crippen LogP contribution is 2.24. The molecule has 0 aliphatic carbocycles. The third-order valence-corrected chi connectivity index (χ3v) is 2.75. The molecule has 0 aliphatic heterocycles. The molecule has 0 radical (unpaired) electrons. The summed E-state index contributed by atoms with van der Waals surface area (Å²) < 4.78 is 3.00. The van der Waals surface area contributed by atoms with Gasteiger partial charge in [-0.1, -0.05) is 28.1 Å².